The van der Waals surface area contributed by atoms with E-state index >= 15 is 4.39 Å². The zero-order valence-corrected chi connectivity index (χ0v) is 22.8. The number of hydrogen-bond donors (Lipinski definition) is 1. The summed E-state index contributed by atoms with van der Waals surface area (Å²) >= 11 is 0. The molecule has 0 unspecified atom stereocenters. The van der Waals surface area contributed by atoms with Crippen LogP contribution in [0, 0.1) is 5.82 Å². The maximum absolute atomic E-state index is 16.4. The van der Waals surface area contributed by atoms with E-state index in [0.717, 1.165) is 49.5 Å². The molecule has 0 saturated carbocycles. The van der Waals surface area contributed by atoms with Gasteiger partial charge in [-0.1, -0.05) is 24.3 Å². The fourth-order valence-electron chi connectivity index (χ4n) is 6.59. The Bertz CT molecular complexity index is 1720. The Balaban J connectivity index is 1.35. The number of ether oxygens (including phenoxy) is 1. The topological polar surface area (TPSA) is 109 Å². The predicted molar refractivity (Wildman–Crippen MR) is 151 cm³/mol. The highest BCUT2D eigenvalue weighted by Crippen LogP contribution is 2.40. The first-order valence-corrected chi connectivity index (χ1v) is 15.6. The van der Waals surface area contributed by atoms with Crippen molar-refractivity contribution in [2.24, 2.45) is 0 Å². The van der Waals surface area contributed by atoms with E-state index in [4.69, 9.17) is 4.74 Å². The summed E-state index contributed by atoms with van der Waals surface area (Å²) in [6.45, 7) is 3.01. The number of aromatic hydroxyl groups is 1. The van der Waals surface area contributed by atoms with Crippen LogP contribution in [0.3, 0.4) is 0 Å². The molecule has 40 heavy (non-hydrogen) atoms. The smallest absolute Gasteiger partial charge is 0.319 e. The van der Waals surface area contributed by atoms with Crippen molar-refractivity contribution in [1.82, 2.24) is 19.9 Å². The van der Waals surface area contributed by atoms with Crippen LogP contribution in [0.5, 0.6) is 11.8 Å². The molecule has 0 bridgehead atoms. The molecule has 2 aromatic carbocycles. The van der Waals surface area contributed by atoms with E-state index in [2.05, 4.69) is 19.9 Å². The summed E-state index contributed by atoms with van der Waals surface area (Å²) in [5.74, 6) is -0.228. The normalized spacial score (nSPS) is 20.3. The zero-order chi connectivity index (χ0) is 27.5. The lowest BCUT2D eigenvalue weighted by Crippen LogP contribution is -2.43. The molecule has 0 atom stereocenters. The number of hydrogen-bond acceptors (Lipinski definition) is 9. The molecule has 0 spiro atoms. The van der Waals surface area contributed by atoms with Gasteiger partial charge in [0.15, 0.2) is 15.7 Å². The minimum absolute atomic E-state index is 0.00393. The Kier molecular flexibility index (Phi) is 6.04. The van der Waals surface area contributed by atoms with Crippen molar-refractivity contribution in [2.45, 2.75) is 31.2 Å². The van der Waals surface area contributed by atoms with Gasteiger partial charge in [0.1, 0.15) is 29.4 Å². The van der Waals surface area contributed by atoms with Gasteiger partial charge in [-0.2, -0.15) is 9.97 Å². The van der Waals surface area contributed by atoms with Gasteiger partial charge in [-0.3, -0.25) is 9.88 Å². The first kappa shape index (κ1) is 25.4. The van der Waals surface area contributed by atoms with Gasteiger partial charge < -0.3 is 14.7 Å². The van der Waals surface area contributed by atoms with E-state index in [0.29, 0.717) is 23.4 Å². The number of phenols is 1. The summed E-state index contributed by atoms with van der Waals surface area (Å²) in [7, 11) is -3.13. The van der Waals surface area contributed by atoms with Gasteiger partial charge in [-0.25, -0.2) is 12.8 Å². The lowest BCUT2D eigenvalue weighted by Gasteiger charge is -2.32. The summed E-state index contributed by atoms with van der Waals surface area (Å²) in [6.07, 6.45) is 5.87. The second-order valence-electron chi connectivity index (χ2n) is 11.1. The molecule has 0 amide bonds. The third-order valence-corrected chi connectivity index (χ3v) is 10.3. The quantitative estimate of drug-likeness (QED) is 0.386. The van der Waals surface area contributed by atoms with Gasteiger partial charge in [-0.05, 0) is 61.7 Å². The average molecular weight is 564 g/mol. The van der Waals surface area contributed by atoms with E-state index < -0.39 is 15.7 Å². The number of anilines is 1. The maximum Gasteiger partial charge on any atom is 0.319 e. The van der Waals surface area contributed by atoms with Crippen molar-refractivity contribution in [2.75, 3.05) is 49.2 Å². The van der Waals surface area contributed by atoms with Crippen LogP contribution in [-0.4, -0.2) is 83.2 Å². The number of halogens is 1. The summed E-state index contributed by atoms with van der Waals surface area (Å²) in [5, 5.41) is 12.3. The second kappa shape index (κ2) is 9.52. The van der Waals surface area contributed by atoms with Crippen LogP contribution in [0.1, 0.15) is 25.7 Å². The SMILES string of the molecule is O=S1(=O)CCN(c2nc(OCC34CCCN3CCC4)nc3c(F)c(-c4cc(O)cc5ccccc45)ncc23)CC1. The number of aromatic nitrogens is 3. The lowest BCUT2D eigenvalue weighted by molar-refractivity contribution is 0.108. The molecule has 2 aromatic heterocycles. The summed E-state index contributed by atoms with van der Waals surface area (Å²) < 4.78 is 46.9. The molecule has 3 fully saturated rings. The van der Waals surface area contributed by atoms with Crippen LogP contribution >= 0.6 is 0 Å². The summed E-state index contributed by atoms with van der Waals surface area (Å²) in [6, 6.07) is 10.6. The molecule has 3 aliphatic rings. The Hall–Kier alpha value is -3.57. The average Bonchev–Trinajstić information content (AvgIpc) is 3.52. The molecule has 9 nitrogen and oxygen atoms in total. The van der Waals surface area contributed by atoms with Gasteiger partial charge in [-0.15, -0.1) is 0 Å². The van der Waals surface area contributed by atoms with Crippen LogP contribution in [-0.2, 0) is 9.84 Å². The minimum Gasteiger partial charge on any atom is -0.508 e. The van der Waals surface area contributed by atoms with Crippen LogP contribution in [0.4, 0.5) is 10.2 Å². The van der Waals surface area contributed by atoms with E-state index in [9.17, 15) is 13.5 Å². The number of benzene rings is 2. The highest BCUT2D eigenvalue weighted by molar-refractivity contribution is 7.91. The van der Waals surface area contributed by atoms with E-state index in [1.807, 2.05) is 29.2 Å². The highest BCUT2D eigenvalue weighted by Gasteiger charge is 2.45. The van der Waals surface area contributed by atoms with E-state index in [1.165, 1.54) is 12.3 Å². The van der Waals surface area contributed by atoms with E-state index in [1.54, 1.807) is 6.07 Å². The van der Waals surface area contributed by atoms with Crippen LogP contribution < -0.4 is 9.64 Å². The second-order valence-corrected chi connectivity index (χ2v) is 13.4. The van der Waals surface area contributed by atoms with Gasteiger partial charge >= 0.3 is 6.01 Å². The molecular formula is C29H30FN5O4S. The predicted octanol–water partition coefficient (Wildman–Crippen LogP) is 3.93. The number of rotatable bonds is 5. The van der Waals surface area contributed by atoms with Crippen molar-refractivity contribution in [3.05, 3.63) is 48.4 Å². The molecule has 3 aliphatic heterocycles. The zero-order valence-electron chi connectivity index (χ0n) is 22.0. The largest absolute Gasteiger partial charge is 0.508 e. The van der Waals surface area contributed by atoms with Gasteiger partial charge in [0, 0.05) is 24.8 Å². The molecule has 1 N–H and O–H groups in total. The van der Waals surface area contributed by atoms with Crippen molar-refractivity contribution in [3.63, 3.8) is 0 Å². The van der Waals surface area contributed by atoms with Crippen molar-refractivity contribution < 1.29 is 22.7 Å². The number of phenolic OH excluding ortho intramolecular Hbond substituents is 1. The van der Waals surface area contributed by atoms with E-state index in [-0.39, 0.29) is 53.1 Å². The molecule has 7 rings (SSSR count). The molecule has 11 heteroatoms. The Morgan fingerprint density at radius 1 is 1.00 bits per heavy atom. The highest BCUT2D eigenvalue weighted by atomic mass is 32.2. The number of fused-ring (bicyclic) bond motifs is 3. The fraction of sp³-hybridized carbons (Fsp3) is 0.414. The lowest BCUT2D eigenvalue weighted by atomic mass is 9.95. The first-order valence-electron chi connectivity index (χ1n) is 13.7. The van der Waals surface area contributed by atoms with Crippen LogP contribution in [0.25, 0.3) is 32.9 Å². The third kappa shape index (κ3) is 4.32. The molecule has 0 radical (unpaired) electrons. The van der Waals surface area contributed by atoms with Crippen molar-refractivity contribution >= 4 is 37.3 Å². The standard InChI is InChI=1S/C29H30FN5O4S/c30-24-25(22-16-20(36)15-19-5-1-2-6-21(19)22)31-17-23-26(24)32-28(33-27(23)34-11-13-40(37,38)14-12-34)39-18-29-7-3-9-35(29)10-4-8-29/h1-2,5-6,15-17,36H,3-4,7-14,18H2. The van der Waals surface area contributed by atoms with Crippen LogP contribution in [0.15, 0.2) is 42.6 Å². The van der Waals surface area contributed by atoms with Crippen LogP contribution in [0.2, 0.25) is 0 Å². The molecule has 4 aromatic rings. The maximum atomic E-state index is 16.4. The molecule has 208 valence electrons. The number of nitrogens with zero attached hydrogens (tertiary/aromatic N) is 5. The Morgan fingerprint density at radius 3 is 2.52 bits per heavy atom. The number of pyridine rings is 1. The number of sulfone groups is 1. The van der Waals surface area contributed by atoms with Crippen molar-refractivity contribution in [3.8, 4) is 23.0 Å². The summed E-state index contributed by atoms with van der Waals surface area (Å²) in [5.41, 5.74) is 0.527. The van der Waals surface area contributed by atoms with Gasteiger partial charge in [0.2, 0.25) is 0 Å². The van der Waals surface area contributed by atoms with Gasteiger partial charge in [0.25, 0.3) is 0 Å². The Morgan fingerprint density at radius 2 is 1.75 bits per heavy atom. The monoisotopic (exact) mass is 563 g/mol. The molecular weight excluding hydrogens is 533 g/mol. The molecule has 5 heterocycles. The summed E-state index contributed by atoms with van der Waals surface area (Å²) in [4.78, 5) is 18.0. The Labute approximate surface area is 231 Å². The minimum atomic E-state index is -3.13. The van der Waals surface area contributed by atoms with Gasteiger partial charge in [0.05, 0.1) is 22.4 Å². The molecule has 3 saturated heterocycles. The first-order chi connectivity index (χ1) is 19.3. The molecule has 0 aliphatic carbocycles. The third-order valence-electron chi connectivity index (χ3n) is 8.67. The fourth-order valence-corrected chi connectivity index (χ4v) is 7.79. The van der Waals surface area contributed by atoms with Crippen molar-refractivity contribution in [1.29, 1.82) is 0 Å².